The molecule has 1 amide bonds. The summed E-state index contributed by atoms with van der Waals surface area (Å²) in [5.41, 5.74) is 3.80. The summed E-state index contributed by atoms with van der Waals surface area (Å²) in [7, 11) is -2.38. The summed E-state index contributed by atoms with van der Waals surface area (Å²) < 4.78 is 27.4. The molecule has 1 N–H and O–H groups in total. The van der Waals surface area contributed by atoms with Gasteiger partial charge in [-0.05, 0) is 73.2 Å². The van der Waals surface area contributed by atoms with Crippen LogP contribution in [0, 0.1) is 0 Å². The van der Waals surface area contributed by atoms with Crippen LogP contribution in [0.25, 0.3) is 0 Å². The van der Waals surface area contributed by atoms with E-state index in [1.807, 2.05) is 18.2 Å². The minimum Gasteiger partial charge on any atom is -0.322 e. The van der Waals surface area contributed by atoms with Gasteiger partial charge in [0.2, 0.25) is 0 Å². The van der Waals surface area contributed by atoms with E-state index in [0.29, 0.717) is 5.69 Å². The van der Waals surface area contributed by atoms with Gasteiger partial charge in [0.15, 0.2) is 0 Å². The zero-order valence-electron chi connectivity index (χ0n) is 17.1. The van der Waals surface area contributed by atoms with Crippen LogP contribution in [0.3, 0.4) is 0 Å². The lowest BCUT2D eigenvalue weighted by molar-refractivity contribution is 0.102. The molecule has 3 aromatic carbocycles. The lowest BCUT2D eigenvalue weighted by Gasteiger charge is -2.21. The predicted molar refractivity (Wildman–Crippen MR) is 125 cm³/mol. The average molecular weight is 455 g/mol. The summed E-state index contributed by atoms with van der Waals surface area (Å²) in [5, 5.41) is 3.13. The molecule has 5 nitrogen and oxygen atoms in total. The maximum atomic E-state index is 13.1. The van der Waals surface area contributed by atoms with Crippen molar-refractivity contribution in [3.05, 3.63) is 88.4 Å². The van der Waals surface area contributed by atoms with Gasteiger partial charge < -0.3 is 5.32 Å². The second-order valence-electron chi connectivity index (χ2n) is 7.55. The van der Waals surface area contributed by atoms with E-state index < -0.39 is 15.9 Å². The summed E-state index contributed by atoms with van der Waals surface area (Å²) in [6, 6.07) is 18.9. The highest BCUT2D eigenvalue weighted by atomic mass is 35.5. The molecule has 1 aliphatic carbocycles. The van der Waals surface area contributed by atoms with Crippen molar-refractivity contribution >= 4 is 38.9 Å². The van der Waals surface area contributed by atoms with E-state index in [-0.39, 0.29) is 15.5 Å². The number of benzene rings is 3. The summed E-state index contributed by atoms with van der Waals surface area (Å²) >= 11 is 6.28. The first-order valence-corrected chi connectivity index (χ1v) is 12.0. The number of nitrogens with one attached hydrogen (secondary N) is 1. The first kappa shape index (κ1) is 21.4. The molecule has 0 bridgehead atoms. The monoisotopic (exact) mass is 454 g/mol. The van der Waals surface area contributed by atoms with Crippen LogP contribution in [0.4, 0.5) is 11.4 Å². The predicted octanol–water partition coefficient (Wildman–Crippen LogP) is 5.30. The second-order valence-corrected chi connectivity index (χ2v) is 9.93. The molecule has 4 rings (SSSR count). The number of sulfonamides is 1. The van der Waals surface area contributed by atoms with Gasteiger partial charge in [0, 0.05) is 12.7 Å². The largest absolute Gasteiger partial charge is 0.322 e. The molecule has 3 aromatic rings. The molecule has 7 heteroatoms. The first-order chi connectivity index (χ1) is 14.9. The van der Waals surface area contributed by atoms with Gasteiger partial charge in [-0.25, -0.2) is 8.42 Å². The molecule has 0 saturated carbocycles. The molecule has 0 spiro atoms. The lowest BCUT2D eigenvalue weighted by atomic mass is 9.90. The van der Waals surface area contributed by atoms with Gasteiger partial charge in [0.25, 0.3) is 15.9 Å². The third kappa shape index (κ3) is 4.31. The number of para-hydroxylation sites is 1. The summed E-state index contributed by atoms with van der Waals surface area (Å²) in [6.07, 6.45) is 4.14. The molecule has 31 heavy (non-hydrogen) atoms. The van der Waals surface area contributed by atoms with Crippen LogP contribution in [-0.4, -0.2) is 21.4 Å². The normalized spacial score (nSPS) is 13.4. The number of carbonyl (C=O) groups excluding carboxylic acids is 1. The number of hydrogen-bond donors (Lipinski definition) is 1. The fourth-order valence-corrected chi connectivity index (χ4v) is 5.29. The molecule has 0 aliphatic heterocycles. The number of halogens is 1. The van der Waals surface area contributed by atoms with E-state index in [1.54, 1.807) is 24.3 Å². The van der Waals surface area contributed by atoms with Gasteiger partial charge in [0.05, 0.1) is 21.2 Å². The first-order valence-electron chi connectivity index (χ1n) is 10.1. The molecule has 0 aromatic heterocycles. The Morgan fingerprint density at radius 2 is 1.71 bits per heavy atom. The number of rotatable bonds is 5. The van der Waals surface area contributed by atoms with Crippen molar-refractivity contribution in [1.82, 2.24) is 0 Å². The van der Waals surface area contributed by atoms with Gasteiger partial charge in [0.1, 0.15) is 0 Å². The van der Waals surface area contributed by atoms with Gasteiger partial charge in [-0.3, -0.25) is 9.10 Å². The van der Waals surface area contributed by atoms with E-state index >= 15 is 0 Å². The van der Waals surface area contributed by atoms with E-state index in [9.17, 15) is 13.2 Å². The van der Waals surface area contributed by atoms with Crippen molar-refractivity contribution in [2.75, 3.05) is 16.7 Å². The fourth-order valence-electron chi connectivity index (χ4n) is 3.86. The standard InChI is InChI=1S/C24H23ClN2O3S/c1-27(18-10-3-2-4-11-18)31(29,30)19-14-15-22(25)21(16-19)24(28)26-23-13-7-9-17-8-5-6-12-20(17)23/h2-4,7,9-11,13-16H,5-6,8,12H2,1H3,(H,26,28). The van der Waals surface area contributed by atoms with Crippen LogP contribution >= 0.6 is 11.6 Å². The zero-order chi connectivity index (χ0) is 22.0. The molecular formula is C24H23ClN2O3S. The Labute approximate surface area is 187 Å². The summed E-state index contributed by atoms with van der Waals surface area (Å²) in [5.74, 6) is -0.427. The third-order valence-electron chi connectivity index (χ3n) is 5.60. The van der Waals surface area contributed by atoms with Crippen LogP contribution in [0.5, 0.6) is 0 Å². The minimum atomic E-state index is -3.86. The highest BCUT2D eigenvalue weighted by Crippen LogP contribution is 2.30. The molecule has 1 aliphatic rings. The van der Waals surface area contributed by atoms with Crippen LogP contribution in [0.15, 0.2) is 71.6 Å². The number of anilines is 2. The van der Waals surface area contributed by atoms with Crippen molar-refractivity contribution in [3.63, 3.8) is 0 Å². The Morgan fingerprint density at radius 1 is 0.968 bits per heavy atom. The van der Waals surface area contributed by atoms with E-state index in [2.05, 4.69) is 11.4 Å². The molecule has 160 valence electrons. The third-order valence-corrected chi connectivity index (χ3v) is 7.72. The zero-order valence-corrected chi connectivity index (χ0v) is 18.7. The molecule has 0 unspecified atom stereocenters. The Kier molecular flexibility index (Phi) is 6.03. The maximum Gasteiger partial charge on any atom is 0.264 e. The van der Waals surface area contributed by atoms with Crippen LogP contribution in [0.1, 0.15) is 34.3 Å². The molecular weight excluding hydrogens is 432 g/mol. The minimum absolute atomic E-state index is 0.00323. The number of nitrogens with zero attached hydrogens (tertiary/aromatic N) is 1. The topological polar surface area (TPSA) is 66.5 Å². The van der Waals surface area contributed by atoms with Crippen LogP contribution in [-0.2, 0) is 22.9 Å². The highest BCUT2D eigenvalue weighted by Gasteiger charge is 2.24. The Bertz CT molecular complexity index is 1230. The Hall–Kier alpha value is -2.83. The summed E-state index contributed by atoms with van der Waals surface area (Å²) in [4.78, 5) is 13.0. The molecule has 0 heterocycles. The molecule has 0 saturated heterocycles. The number of hydrogen-bond acceptors (Lipinski definition) is 3. The van der Waals surface area contributed by atoms with Gasteiger partial charge in [-0.1, -0.05) is 41.9 Å². The second kappa shape index (κ2) is 8.73. The van der Waals surface area contributed by atoms with Crippen molar-refractivity contribution in [2.45, 2.75) is 30.6 Å². The highest BCUT2D eigenvalue weighted by molar-refractivity contribution is 7.92. The SMILES string of the molecule is CN(c1ccccc1)S(=O)(=O)c1ccc(Cl)c(C(=O)Nc2cccc3c2CCCC3)c1. The molecule has 0 radical (unpaired) electrons. The summed E-state index contributed by atoms with van der Waals surface area (Å²) in [6.45, 7) is 0. The molecule has 0 atom stereocenters. The van der Waals surface area contributed by atoms with Crippen molar-refractivity contribution in [3.8, 4) is 0 Å². The number of fused-ring (bicyclic) bond motifs is 1. The average Bonchev–Trinajstić information content (AvgIpc) is 2.79. The lowest BCUT2D eigenvalue weighted by Crippen LogP contribution is -2.27. The number of amides is 1. The van der Waals surface area contributed by atoms with Crippen molar-refractivity contribution in [1.29, 1.82) is 0 Å². The Balaban J connectivity index is 1.65. The molecule has 0 fully saturated rings. The van der Waals surface area contributed by atoms with Crippen molar-refractivity contribution in [2.24, 2.45) is 0 Å². The van der Waals surface area contributed by atoms with Crippen LogP contribution in [0.2, 0.25) is 5.02 Å². The van der Waals surface area contributed by atoms with Gasteiger partial charge in [-0.15, -0.1) is 0 Å². The van der Waals surface area contributed by atoms with E-state index in [1.165, 1.54) is 35.1 Å². The smallest absolute Gasteiger partial charge is 0.264 e. The Morgan fingerprint density at radius 3 is 2.48 bits per heavy atom. The van der Waals surface area contributed by atoms with E-state index in [4.69, 9.17) is 11.6 Å². The fraction of sp³-hybridized carbons (Fsp3) is 0.208. The van der Waals surface area contributed by atoms with E-state index in [0.717, 1.165) is 36.9 Å². The van der Waals surface area contributed by atoms with Gasteiger partial charge >= 0.3 is 0 Å². The van der Waals surface area contributed by atoms with Gasteiger partial charge in [-0.2, -0.15) is 0 Å². The quantitative estimate of drug-likeness (QED) is 0.569. The van der Waals surface area contributed by atoms with Crippen molar-refractivity contribution < 1.29 is 13.2 Å². The van der Waals surface area contributed by atoms with Crippen LogP contribution < -0.4 is 9.62 Å². The number of aryl methyl sites for hydroxylation is 1. The maximum absolute atomic E-state index is 13.1. The number of carbonyl (C=O) groups is 1.